The van der Waals surface area contributed by atoms with Crippen LogP contribution in [0.5, 0.6) is 0 Å². The van der Waals surface area contributed by atoms with Crippen molar-refractivity contribution in [2.75, 3.05) is 0 Å². The first-order chi connectivity index (χ1) is 19.7. The van der Waals surface area contributed by atoms with Gasteiger partial charge in [0.25, 0.3) is 0 Å². The minimum Gasteiger partial charge on any atom is -1.00 e. The van der Waals surface area contributed by atoms with Gasteiger partial charge in [0, 0.05) is 0 Å². The van der Waals surface area contributed by atoms with Crippen molar-refractivity contribution in [1.82, 2.24) is 0 Å². The summed E-state index contributed by atoms with van der Waals surface area (Å²) in [6.07, 6.45) is 18.3. The average molecular weight is 702 g/mol. The fraction of sp³-hybridized carbons (Fsp3) is 0.436. The number of aryl methyl sites for hydroxylation is 3. The standard InChI is InChI=1S/C39H51Si.3ClH.Ti/c1-7-10-14-31-19-25-34(26-20-31)40(38-18-13-17-37(38)39(4,5)6,35-27-21-32(22-28-35)15-11-8-2)36-29-23-33(24-30-36)16-12-9-3;;;;/h13,17-30H,7-12,14-16H2,1-6H3;3*1H;/q;;;;+3/p-3. The van der Waals surface area contributed by atoms with Crippen LogP contribution in [0.4, 0.5) is 0 Å². The zero-order valence-corrected chi connectivity index (χ0v) is 32.5. The Morgan fingerprint density at radius 3 is 1.16 bits per heavy atom. The van der Waals surface area contributed by atoms with E-state index in [-0.39, 0.29) is 46.0 Å². The molecule has 0 saturated heterocycles. The van der Waals surface area contributed by atoms with E-state index in [1.54, 1.807) is 5.57 Å². The van der Waals surface area contributed by atoms with Gasteiger partial charge in [-0.05, 0) is 0 Å². The molecule has 3 aromatic rings. The number of unbranched alkanes of at least 4 members (excludes halogenated alkanes) is 3. The second kappa shape index (κ2) is 18.3. The Morgan fingerprint density at radius 1 is 0.568 bits per heavy atom. The predicted octanol–water partition coefficient (Wildman–Crippen LogP) is -0.0164. The van der Waals surface area contributed by atoms with E-state index in [4.69, 9.17) is 0 Å². The van der Waals surface area contributed by atoms with Gasteiger partial charge in [-0.1, -0.05) is 0 Å². The van der Waals surface area contributed by atoms with E-state index in [1.807, 2.05) is 0 Å². The van der Waals surface area contributed by atoms with Crippen LogP contribution in [0.15, 0.2) is 96.6 Å². The van der Waals surface area contributed by atoms with Gasteiger partial charge in [-0.15, -0.1) is 0 Å². The number of allylic oxidation sites excluding steroid dienone is 4. The van der Waals surface area contributed by atoms with E-state index < -0.39 is 8.07 Å². The molecule has 0 radical (unpaired) electrons. The maximum absolute atomic E-state index is 2.61. The SMILES string of the molecule is CCCCc1ccc([Si](c2ccc(CCCC)cc2)(c2ccc(CCCC)cc2)[C]2([Ti+3])C=CC=C2C(C)(C)C)cc1.[Cl-].[Cl-].[Cl-]. The van der Waals surface area contributed by atoms with Gasteiger partial charge >= 0.3 is 265 Å². The van der Waals surface area contributed by atoms with Crippen molar-refractivity contribution in [1.29, 1.82) is 0 Å². The fourth-order valence-electron chi connectivity index (χ4n) is 6.77. The Kier molecular flexibility index (Phi) is 17.1. The van der Waals surface area contributed by atoms with Crippen molar-refractivity contribution in [3.63, 3.8) is 0 Å². The van der Waals surface area contributed by atoms with E-state index in [9.17, 15) is 0 Å². The molecule has 1 atom stereocenters. The molecule has 0 nitrogen and oxygen atoms in total. The Morgan fingerprint density at radius 2 is 0.886 bits per heavy atom. The molecule has 5 heteroatoms. The molecule has 0 spiro atoms. The third-order valence-corrected chi connectivity index (χ3v) is 16.7. The maximum atomic E-state index is 2.56. The molecule has 1 aliphatic rings. The first-order valence-electron chi connectivity index (χ1n) is 16.1. The molecule has 0 heterocycles. The number of benzene rings is 3. The predicted molar refractivity (Wildman–Crippen MR) is 179 cm³/mol. The zero-order chi connectivity index (χ0) is 29.5. The molecule has 4 rings (SSSR count). The minimum absolute atomic E-state index is 0. The molecule has 0 aromatic heterocycles. The quantitative estimate of drug-likeness (QED) is 0.174. The Balaban J connectivity index is 0.00000323. The molecule has 0 bridgehead atoms. The summed E-state index contributed by atoms with van der Waals surface area (Å²) in [7, 11) is -2.61. The normalized spacial score (nSPS) is 16.0. The van der Waals surface area contributed by atoms with Gasteiger partial charge in [-0.2, -0.15) is 0 Å². The van der Waals surface area contributed by atoms with Crippen LogP contribution in [0.25, 0.3) is 0 Å². The molecule has 0 fully saturated rings. The van der Waals surface area contributed by atoms with E-state index >= 15 is 0 Å². The molecule has 1 unspecified atom stereocenters. The third-order valence-electron chi connectivity index (χ3n) is 9.05. The molecule has 0 N–H and O–H groups in total. The van der Waals surface area contributed by atoms with Crippen molar-refractivity contribution >= 4 is 23.6 Å². The number of hydrogen-bond donors (Lipinski definition) is 0. The number of halogens is 3. The van der Waals surface area contributed by atoms with E-state index in [2.05, 4.69) is 153 Å². The van der Waals surface area contributed by atoms with Gasteiger partial charge in [0.2, 0.25) is 0 Å². The van der Waals surface area contributed by atoms with Gasteiger partial charge in [0.15, 0.2) is 0 Å². The molecule has 0 saturated carbocycles. The van der Waals surface area contributed by atoms with Gasteiger partial charge in [-0.25, -0.2) is 0 Å². The van der Waals surface area contributed by atoms with Crippen molar-refractivity contribution in [2.24, 2.45) is 5.41 Å². The van der Waals surface area contributed by atoms with E-state index in [0.717, 1.165) is 19.3 Å². The monoisotopic (exact) mass is 700 g/mol. The van der Waals surface area contributed by atoms with Gasteiger partial charge in [-0.3, -0.25) is 0 Å². The van der Waals surface area contributed by atoms with Crippen molar-refractivity contribution in [3.05, 3.63) is 113 Å². The van der Waals surface area contributed by atoms with Crippen LogP contribution in [-0.4, -0.2) is 8.07 Å². The summed E-state index contributed by atoms with van der Waals surface area (Å²) >= 11 is 2.56. The first kappa shape index (κ1) is 41.0. The Bertz CT molecular complexity index is 1200. The van der Waals surface area contributed by atoms with Crippen LogP contribution >= 0.6 is 0 Å². The zero-order valence-electron chi connectivity index (χ0n) is 27.7. The van der Waals surface area contributed by atoms with Gasteiger partial charge < -0.3 is 37.2 Å². The maximum Gasteiger partial charge on any atom is -1.00 e. The number of hydrogen-bond acceptors (Lipinski definition) is 0. The summed E-state index contributed by atoms with van der Waals surface area (Å²) in [5.74, 6) is 0. The topological polar surface area (TPSA) is 0 Å². The molecule has 1 aliphatic carbocycles. The first-order valence-corrected chi connectivity index (χ1v) is 18.9. The van der Waals surface area contributed by atoms with Gasteiger partial charge in [0.05, 0.1) is 0 Å². The fourth-order valence-corrected chi connectivity index (χ4v) is 15.2. The van der Waals surface area contributed by atoms with Crippen LogP contribution in [0.3, 0.4) is 0 Å². The third kappa shape index (κ3) is 8.64. The van der Waals surface area contributed by atoms with Crippen molar-refractivity contribution in [3.8, 4) is 0 Å². The minimum atomic E-state index is -2.61. The van der Waals surface area contributed by atoms with E-state index in [1.165, 1.54) is 70.8 Å². The molecule has 0 amide bonds. The van der Waals surface area contributed by atoms with Gasteiger partial charge in [0.1, 0.15) is 0 Å². The molecule has 3 aromatic carbocycles. The van der Waals surface area contributed by atoms with E-state index in [0.29, 0.717) is 0 Å². The smallest absolute Gasteiger partial charge is 1.00 e. The molecule has 236 valence electrons. The molecule has 0 aliphatic heterocycles. The largest absolute Gasteiger partial charge is 1.00 e. The second-order valence-electron chi connectivity index (χ2n) is 13.1. The summed E-state index contributed by atoms with van der Waals surface area (Å²) in [6.45, 7) is 14.1. The van der Waals surface area contributed by atoms with Crippen LogP contribution in [0, 0.1) is 5.41 Å². The summed E-state index contributed by atoms with van der Waals surface area (Å²) in [6, 6.07) is 29.6. The molecule has 44 heavy (non-hydrogen) atoms. The second-order valence-corrected chi connectivity index (χ2v) is 19.2. The van der Waals surface area contributed by atoms with Crippen LogP contribution in [0.2, 0.25) is 3.34 Å². The van der Waals surface area contributed by atoms with Crippen LogP contribution in [0.1, 0.15) is 96.8 Å². The summed E-state index contributed by atoms with van der Waals surface area (Å²) < 4.78 is -0.0912. The summed E-state index contributed by atoms with van der Waals surface area (Å²) in [5, 5.41) is 4.55. The van der Waals surface area contributed by atoms with Crippen molar-refractivity contribution in [2.45, 2.75) is 103 Å². The average Bonchev–Trinajstić information content (AvgIpc) is 3.39. The van der Waals surface area contributed by atoms with Crippen LogP contribution in [-0.2, 0) is 39.7 Å². The molecular formula is C39H51Cl3SiTi. The summed E-state index contributed by atoms with van der Waals surface area (Å²) in [4.78, 5) is 0. The summed E-state index contributed by atoms with van der Waals surface area (Å²) in [5.41, 5.74) is 6.00. The van der Waals surface area contributed by atoms with Crippen molar-refractivity contribution < 1.29 is 57.7 Å². The Labute approximate surface area is 300 Å². The molecular weight excluding hydrogens is 651 g/mol. The Hall–Kier alpha value is -1.06. The van der Waals surface area contributed by atoms with Crippen LogP contribution < -0.4 is 52.8 Å². The number of rotatable bonds is 13.